The maximum atomic E-state index is 5.36. The van der Waals surface area contributed by atoms with E-state index in [-0.39, 0.29) is 6.01 Å². The predicted molar refractivity (Wildman–Crippen MR) is 57.5 cm³/mol. The summed E-state index contributed by atoms with van der Waals surface area (Å²) in [7, 11) is 0. The molecule has 6 nitrogen and oxygen atoms in total. The summed E-state index contributed by atoms with van der Waals surface area (Å²) in [5, 5.41) is 7.41. The summed E-state index contributed by atoms with van der Waals surface area (Å²) in [6, 6.07) is 7.93. The molecule has 0 unspecified atom stereocenters. The first-order chi connectivity index (χ1) is 7.83. The largest absolute Gasteiger partial charge is 0.406 e. The molecule has 2 N–H and O–H groups in total. The van der Waals surface area contributed by atoms with Crippen LogP contribution in [0, 0.1) is 0 Å². The van der Waals surface area contributed by atoms with E-state index in [0.717, 1.165) is 11.0 Å². The molecule has 0 aliphatic rings. The van der Waals surface area contributed by atoms with Crippen LogP contribution >= 0.6 is 0 Å². The maximum Gasteiger partial charge on any atom is 0.312 e. The molecule has 3 rings (SSSR count). The highest BCUT2D eigenvalue weighted by Crippen LogP contribution is 2.13. The molecule has 0 atom stereocenters. The van der Waals surface area contributed by atoms with Gasteiger partial charge in [-0.15, -0.1) is 5.10 Å². The van der Waals surface area contributed by atoms with E-state index < -0.39 is 0 Å². The standard InChI is InChI=1S/C10H9N5O/c11-10-14-13-9(16-10)5-15-6-12-7-3-1-2-4-8(7)15/h1-4,6H,5H2,(H2,11,14). The number of rotatable bonds is 2. The van der Waals surface area contributed by atoms with Gasteiger partial charge in [-0.05, 0) is 12.1 Å². The van der Waals surface area contributed by atoms with Crippen LogP contribution < -0.4 is 5.73 Å². The highest BCUT2D eigenvalue weighted by atomic mass is 16.4. The first-order valence-electron chi connectivity index (χ1n) is 4.80. The zero-order chi connectivity index (χ0) is 11.0. The first kappa shape index (κ1) is 8.90. The van der Waals surface area contributed by atoms with Crippen LogP contribution in [0.25, 0.3) is 11.0 Å². The molecule has 16 heavy (non-hydrogen) atoms. The number of nitrogens with two attached hydrogens (primary N) is 1. The molecular weight excluding hydrogens is 206 g/mol. The summed E-state index contributed by atoms with van der Waals surface area (Å²) < 4.78 is 7.05. The van der Waals surface area contributed by atoms with Gasteiger partial charge in [-0.2, -0.15) is 0 Å². The zero-order valence-corrected chi connectivity index (χ0v) is 8.37. The summed E-state index contributed by atoms with van der Waals surface area (Å²) in [6.07, 6.45) is 1.74. The van der Waals surface area contributed by atoms with Crippen molar-refractivity contribution in [2.75, 3.05) is 5.73 Å². The van der Waals surface area contributed by atoms with E-state index in [4.69, 9.17) is 10.2 Å². The molecule has 3 aromatic rings. The van der Waals surface area contributed by atoms with Crippen LogP contribution in [-0.2, 0) is 6.54 Å². The van der Waals surface area contributed by atoms with Crippen molar-refractivity contribution >= 4 is 17.0 Å². The summed E-state index contributed by atoms with van der Waals surface area (Å²) in [6.45, 7) is 0.477. The van der Waals surface area contributed by atoms with E-state index >= 15 is 0 Å². The third-order valence-electron chi connectivity index (χ3n) is 2.32. The Balaban J connectivity index is 2.00. The molecule has 0 spiro atoms. The lowest BCUT2D eigenvalue weighted by Crippen LogP contribution is -1.97. The lowest BCUT2D eigenvalue weighted by atomic mass is 10.3. The average molecular weight is 215 g/mol. The Morgan fingerprint density at radius 3 is 2.94 bits per heavy atom. The second kappa shape index (κ2) is 3.34. The number of benzene rings is 1. The van der Waals surface area contributed by atoms with Gasteiger partial charge in [-0.3, -0.25) is 0 Å². The number of hydrogen-bond donors (Lipinski definition) is 1. The molecule has 1 aromatic carbocycles. The molecule has 0 saturated carbocycles. The molecule has 6 heteroatoms. The van der Waals surface area contributed by atoms with Crippen molar-refractivity contribution in [2.45, 2.75) is 6.54 Å². The summed E-state index contributed by atoms with van der Waals surface area (Å²) in [5.74, 6) is 0.473. The second-order valence-corrected chi connectivity index (χ2v) is 3.40. The SMILES string of the molecule is Nc1nnc(Cn2cnc3ccccc32)o1. The first-order valence-corrected chi connectivity index (χ1v) is 4.80. The monoisotopic (exact) mass is 215 g/mol. The fourth-order valence-electron chi connectivity index (χ4n) is 1.61. The van der Waals surface area contributed by atoms with E-state index in [1.165, 1.54) is 0 Å². The molecule has 0 fully saturated rings. The van der Waals surface area contributed by atoms with E-state index in [2.05, 4.69) is 15.2 Å². The minimum atomic E-state index is 0.0828. The van der Waals surface area contributed by atoms with Gasteiger partial charge in [0.1, 0.15) is 6.54 Å². The van der Waals surface area contributed by atoms with Gasteiger partial charge in [-0.25, -0.2) is 4.98 Å². The summed E-state index contributed by atoms with van der Waals surface area (Å²) >= 11 is 0. The Hall–Kier alpha value is -2.37. The third kappa shape index (κ3) is 1.40. The van der Waals surface area contributed by atoms with Crippen molar-refractivity contribution in [3.8, 4) is 0 Å². The minimum absolute atomic E-state index is 0.0828. The van der Waals surface area contributed by atoms with Gasteiger partial charge in [0, 0.05) is 0 Å². The van der Waals surface area contributed by atoms with Crippen molar-refractivity contribution in [1.82, 2.24) is 19.7 Å². The molecule has 0 amide bonds. The predicted octanol–water partition coefficient (Wildman–Crippen LogP) is 1.05. The lowest BCUT2D eigenvalue weighted by Gasteiger charge is -1.98. The van der Waals surface area contributed by atoms with E-state index in [1.807, 2.05) is 28.8 Å². The van der Waals surface area contributed by atoms with Crippen LogP contribution in [0.4, 0.5) is 6.01 Å². The smallest absolute Gasteiger partial charge is 0.312 e. The molecule has 0 saturated heterocycles. The molecule has 0 aliphatic carbocycles. The van der Waals surface area contributed by atoms with Crippen LogP contribution in [0.5, 0.6) is 0 Å². The van der Waals surface area contributed by atoms with Gasteiger partial charge in [0.2, 0.25) is 5.89 Å². The van der Waals surface area contributed by atoms with Crippen molar-refractivity contribution in [3.05, 3.63) is 36.5 Å². The summed E-state index contributed by atoms with van der Waals surface area (Å²) in [4.78, 5) is 4.26. The number of imidazole rings is 1. The minimum Gasteiger partial charge on any atom is -0.406 e. The highest BCUT2D eigenvalue weighted by molar-refractivity contribution is 5.74. The normalized spacial score (nSPS) is 11.0. The second-order valence-electron chi connectivity index (χ2n) is 3.40. The Bertz CT molecular complexity index is 627. The fraction of sp³-hybridized carbons (Fsp3) is 0.100. The Morgan fingerprint density at radius 1 is 1.25 bits per heavy atom. The number of aromatic nitrogens is 4. The number of anilines is 1. The van der Waals surface area contributed by atoms with E-state index in [9.17, 15) is 0 Å². The van der Waals surface area contributed by atoms with Gasteiger partial charge in [-0.1, -0.05) is 17.2 Å². The molecule has 0 radical (unpaired) electrons. The number of nitrogens with zero attached hydrogens (tertiary/aromatic N) is 4. The van der Waals surface area contributed by atoms with Crippen LogP contribution in [0.1, 0.15) is 5.89 Å². The van der Waals surface area contributed by atoms with Gasteiger partial charge >= 0.3 is 6.01 Å². The Morgan fingerprint density at radius 2 is 2.12 bits per heavy atom. The van der Waals surface area contributed by atoms with Crippen molar-refractivity contribution in [2.24, 2.45) is 0 Å². The van der Waals surface area contributed by atoms with Gasteiger partial charge in [0.05, 0.1) is 17.4 Å². The number of hydrogen-bond acceptors (Lipinski definition) is 5. The topological polar surface area (TPSA) is 82.8 Å². The average Bonchev–Trinajstić information content (AvgIpc) is 2.87. The molecule has 80 valence electrons. The zero-order valence-electron chi connectivity index (χ0n) is 8.37. The van der Waals surface area contributed by atoms with Gasteiger partial charge in [0.15, 0.2) is 0 Å². The van der Waals surface area contributed by atoms with Crippen molar-refractivity contribution in [3.63, 3.8) is 0 Å². The number of nitrogen functional groups attached to an aromatic ring is 1. The van der Waals surface area contributed by atoms with Gasteiger partial charge in [0.25, 0.3) is 0 Å². The molecule has 2 aromatic heterocycles. The van der Waals surface area contributed by atoms with Crippen molar-refractivity contribution < 1.29 is 4.42 Å². The van der Waals surface area contributed by atoms with Crippen LogP contribution in [0.15, 0.2) is 35.0 Å². The maximum absolute atomic E-state index is 5.36. The quantitative estimate of drug-likeness (QED) is 0.690. The lowest BCUT2D eigenvalue weighted by molar-refractivity contribution is 0.495. The molecular formula is C10H9N5O. The number of para-hydroxylation sites is 2. The number of fused-ring (bicyclic) bond motifs is 1. The van der Waals surface area contributed by atoms with E-state index in [0.29, 0.717) is 12.4 Å². The van der Waals surface area contributed by atoms with Gasteiger partial charge < -0.3 is 14.7 Å². The van der Waals surface area contributed by atoms with Crippen LogP contribution in [-0.4, -0.2) is 19.7 Å². The Kier molecular flexibility index (Phi) is 1.86. The Labute approximate surface area is 90.7 Å². The summed E-state index contributed by atoms with van der Waals surface area (Å²) in [5.41, 5.74) is 7.32. The van der Waals surface area contributed by atoms with E-state index in [1.54, 1.807) is 6.33 Å². The fourth-order valence-corrected chi connectivity index (χ4v) is 1.61. The van der Waals surface area contributed by atoms with Crippen LogP contribution in [0.3, 0.4) is 0 Å². The van der Waals surface area contributed by atoms with Crippen LogP contribution in [0.2, 0.25) is 0 Å². The molecule has 0 bridgehead atoms. The highest BCUT2D eigenvalue weighted by Gasteiger charge is 2.06. The molecule has 2 heterocycles. The third-order valence-corrected chi connectivity index (χ3v) is 2.32. The molecule has 0 aliphatic heterocycles. The van der Waals surface area contributed by atoms with Crippen molar-refractivity contribution in [1.29, 1.82) is 0 Å².